The number of amides is 3. The molecular formula is C16H16F3N5O2. The van der Waals surface area contributed by atoms with Crippen LogP contribution in [0.1, 0.15) is 15.9 Å². The minimum atomic E-state index is -4.60. The molecule has 0 spiro atoms. The molecule has 0 aliphatic carbocycles. The zero-order chi connectivity index (χ0) is 18.7. The monoisotopic (exact) mass is 367 g/mol. The van der Waals surface area contributed by atoms with E-state index in [0.29, 0.717) is 5.69 Å². The Hall–Kier alpha value is -3.04. The molecule has 7 nitrogen and oxygen atoms in total. The third-order valence-corrected chi connectivity index (χ3v) is 4.07. The molecule has 2 N–H and O–H groups in total. The highest BCUT2D eigenvalue weighted by Crippen LogP contribution is 2.32. The van der Waals surface area contributed by atoms with Gasteiger partial charge in [0.25, 0.3) is 5.91 Å². The summed E-state index contributed by atoms with van der Waals surface area (Å²) in [6.45, 7) is 0.765. The average Bonchev–Trinajstić information content (AvgIpc) is 3.13. The zero-order valence-electron chi connectivity index (χ0n) is 13.6. The van der Waals surface area contributed by atoms with Crippen LogP contribution in [0.4, 0.5) is 23.7 Å². The molecular weight excluding hydrogens is 351 g/mol. The molecule has 0 saturated carbocycles. The van der Waals surface area contributed by atoms with Gasteiger partial charge in [-0.1, -0.05) is 12.1 Å². The Kier molecular flexibility index (Phi) is 4.83. The van der Waals surface area contributed by atoms with Crippen molar-refractivity contribution in [2.75, 3.05) is 31.5 Å². The molecule has 3 amide bonds. The number of aromatic nitrogens is 2. The smallest absolute Gasteiger partial charge is 0.335 e. The summed E-state index contributed by atoms with van der Waals surface area (Å²) in [5, 5.41) is 8.92. The largest absolute Gasteiger partial charge is 0.417 e. The molecule has 1 fully saturated rings. The molecule has 0 atom stereocenters. The summed E-state index contributed by atoms with van der Waals surface area (Å²) in [5.41, 5.74) is -0.825. The number of hydrogen-bond donors (Lipinski definition) is 2. The van der Waals surface area contributed by atoms with Crippen molar-refractivity contribution in [3.63, 3.8) is 0 Å². The van der Waals surface area contributed by atoms with Gasteiger partial charge in [-0.05, 0) is 12.1 Å². The molecule has 0 radical (unpaired) electrons. The number of benzene rings is 1. The van der Waals surface area contributed by atoms with Gasteiger partial charge in [0.15, 0.2) is 0 Å². The van der Waals surface area contributed by atoms with E-state index in [4.69, 9.17) is 0 Å². The van der Waals surface area contributed by atoms with Crippen molar-refractivity contribution in [2.45, 2.75) is 6.18 Å². The van der Waals surface area contributed by atoms with Crippen LogP contribution in [-0.2, 0) is 6.18 Å². The first-order valence-electron chi connectivity index (χ1n) is 7.86. The standard InChI is InChI=1S/C16H16F3N5O2/c17-16(18,19)13-4-2-1-3-12(13)14(25)23-5-7-24(8-6-23)15(26)22-11-9-20-21-10-11/h1-4,9-10H,5-8H2,(H,20,21)(H,22,26). The van der Waals surface area contributed by atoms with Crippen LogP contribution >= 0.6 is 0 Å². The Morgan fingerprint density at radius 1 is 1.08 bits per heavy atom. The number of rotatable bonds is 2. The lowest BCUT2D eigenvalue weighted by Gasteiger charge is -2.35. The number of carbonyl (C=O) groups is 2. The second kappa shape index (κ2) is 7.06. The summed E-state index contributed by atoms with van der Waals surface area (Å²) in [6, 6.07) is 4.36. The summed E-state index contributed by atoms with van der Waals surface area (Å²) in [4.78, 5) is 27.4. The van der Waals surface area contributed by atoms with Gasteiger partial charge in [-0.15, -0.1) is 0 Å². The Balaban J connectivity index is 1.63. The van der Waals surface area contributed by atoms with Crippen LogP contribution in [0.25, 0.3) is 0 Å². The van der Waals surface area contributed by atoms with Crippen molar-refractivity contribution in [1.29, 1.82) is 0 Å². The van der Waals surface area contributed by atoms with Crippen molar-refractivity contribution in [1.82, 2.24) is 20.0 Å². The lowest BCUT2D eigenvalue weighted by atomic mass is 10.1. The number of H-pyrrole nitrogens is 1. The van der Waals surface area contributed by atoms with Gasteiger partial charge in [-0.25, -0.2) is 4.79 Å². The molecule has 1 aromatic carbocycles. The molecule has 2 heterocycles. The molecule has 26 heavy (non-hydrogen) atoms. The first kappa shape index (κ1) is 17.8. The number of halogens is 3. The summed E-state index contributed by atoms with van der Waals surface area (Å²) in [6.07, 6.45) is -1.63. The van der Waals surface area contributed by atoms with Gasteiger partial charge in [0.2, 0.25) is 0 Å². The van der Waals surface area contributed by atoms with Gasteiger partial charge in [0.1, 0.15) is 0 Å². The topological polar surface area (TPSA) is 81.3 Å². The second-order valence-corrected chi connectivity index (χ2v) is 5.74. The zero-order valence-corrected chi connectivity index (χ0v) is 13.6. The van der Waals surface area contributed by atoms with Crippen molar-refractivity contribution < 1.29 is 22.8 Å². The molecule has 1 aromatic heterocycles. The van der Waals surface area contributed by atoms with Gasteiger partial charge in [-0.3, -0.25) is 9.89 Å². The van der Waals surface area contributed by atoms with E-state index in [2.05, 4.69) is 15.5 Å². The van der Waals surface area contributed by atoms with Gasteiger partial charge in [0.05, 0.1) is 23.0 Å². The summed E-state index contributed by atoms with van der Waals surface area (Å²) < 4.78 is 39.3. The van der Waals surface area contributed by atoms with E-state index in [9.17, 15) is 22.8 Å². The molecule has 2 aromatic rings. The molecule has 1 aliphatic heterocycles. The predicted molar refractivity (Wildman–Crippen MR) is 86.5 cm³/mol. The lowest BCUT2D eigenvalue weighted by Crippen LogP contribution is -2.51. The number of aromatic amines is 1. The number of piperazine rings is 1. The highest BCUT2D eigenvalue weighted by molar-refractivity contribution is 5.96. The van der Waals surface area contributed by atoms with E-state index in [1.165, 1.54) is 40.4 Å². The number of alkyl halides is 3. The lowest BCUT2D eigenvalue weighted by molar-refractivity contribution is -0.138. The Morgan fingerprint density at radius 3 is 2.35 bits per heavy atom. The summed E-state index contributed by atoms with van der Waals surface area (Å²) in [5.74, 6) is -0.687. The van der Waals surface area contributed by atoms with E-state index in [0.717, 1.165) is 6.07 Å². The highest BCUT2D eigenvalue weighted by Gasteiger charge is 2.36. The molecule has 1 saturated heterocycles. The fourth-order valence-corrected chi connectivity index (χ4v) is 2.72. The summed E-state index contributed by atoms with van der Waals surface area (Å²) >= 11 is 0. The van der Waals surface area contributed by atoms with Crippen LogP contribution in [0.5, 0.6) is 0 Å². The number of carbonyl (C=O) groups excluding carboxylic acids is 2. The number of nitrogens with one attached hydrogen (secondary N) is 2. The SMILES string of the molecule is O=C(Nc1cn[nH]c1)N1CCN(C(=O)c2ccccc2C(F)(F)F)CC1. The second-order valence-electron chi connectivity index (χ2n) is 5.74. The maximum Gasteiger partial charge on any atom is 0.417 e. The van der Waals surface area contributed by atoms with Crippen LogP contribution in [0.15, 0.2) is 36.7 Å². The van der Waals surface area contributed by atoms with Gasteiger partial charge >= 0.3 is 12.2 Å². The van der Waals surface area contributed by atoms with Crippen molar-refractivity contribution in [3.8, 4) is 0 Å². The van der Waals surface area contributed by atoms with E-state index < -0.39 is 17.6 Å². The Labute approximate surface area is 146 Å². The van der Waals surface area contributed by atoms with E-state index in [1.54, 1.807) is 0 Å². The molecule has 1 aliphatic rings. The van der Waals surface area contributed by atoms with Gasteiger partial charge in [0, 0.05) is 32.4 Å². The van der Waals surface area contributed by atoms with Crippen molar-refractivity contribution in [3.05, 3.63) is 47.8 Å². The minimum Gasteiger partial charge on any atom is -0.335 e. The fraction of sp³-hybridized carbons (Fsp3) is 0.312. The van der Waals surface area contributed by atoms with Gasteiger partial charge < -0.3 is 15.1 Å². The highest BCUT2D eigenvalue weighted by atomic mass is 19.4. The fourth-order valence-electron chi connectivity index (χ4n) is 2.72. The average molecular weight is 367 g/mol. The molecule has 0 unspecified atom stereocenters. The third-order valence-electron chi connectivity index (χ3n) is 4.07. The molecule has 138 valence electrons. The summed E-state index contributed by atoms with van der Waals surface area (Å²) in [7, 11) is 0. The van der Waals surface area contributed by atoms with E-state index >= 15 is 0 Å². The number of hydrogen-bond acceptors (Lipinski definition) is 3. The minimum absolute atomic E-state index is 0.157. The maximum absolute atomic E-state index is 13.1. The number of nitrogens with zero attached hydrogens (tertiary/aromatic N) is 3. The van der Waals surface area contributed by atoms with Crippen LogP contribution in [0, 0.1) is 0 Å². The first-order chi connectivity index (χ1) is 12.4. The molecule has 0 bridgehead atoms. The number of anilines is 1. The van der Waals surface area contributed by atoms with Gasteiger partial charge in [-0.2, -0.15) is 18.3 Å². The molecule has 3 rings (SSSR count). The quantitative estimate of drug-likeness (QED) is 0.855. The van der Waals surface area contributed by atoms with E-state index in [1.807, 2.05) is 0 Å². The van der Waals surface area contributed by atoms with Crippen molar-refractivity contribution >= 4 is 17.6 Å². The normalized spacial score (nSPS) is 15.0. The predicted octanol–water partition coefficient (Wildman–Crippen LogP) is 2.42. The van der Waals surface area contributed by atoms with Crippen LogP contribution < -0.4 is 5.32 Å². The van der Waals surface area contributed by atoms with Crippen LogP contribution in [0.2, 0.25) is 0 Å². The number of urea groups is 1. The first-order valence-corrected chi connectivity index (χ1v) is 7.86. The van der Waals surface area contributed by atoms with E-state index in [-0.39, 0.29) is 37.8 Å². The Bertz CT molecular complexity index is 783. The third kappa shape index (κ3) is 3.79. The maximum atomic E-state index is 13.1. The van der Waals surface area contributed by atoms with Crippen LogP contribution in [-0.4, -0.2) is 58.1 Å². The molecule has 10 heteroatoms. The Morgan fingerprint density at radius 2 is 1.73 bits per heavy atom. The van der Waals surface area contributed by atoms with Crippen LogP contribution in [0.3, 0.4) is 0 Å². The van der Waals surface area contributed by atoms with Crippen molar-refractivity contribution in [2.24, 2.45) is 0 Å².